The van der Waals surface area contributed by atoms with Gasteiger partial charge in [0.25, 0.3) is 0 Å². The molecule has 0 aromatic carbocycles. The van der Waals surface area contributed by atoms with E-state index in [0.717, 1.165) is 28.8 Å². The van der Waals surface area contributed by atoms with Crippen molar-refractivity contribution in [3.8, 4) is 0 Å². The van der Waals surface area contributed by atoms with E-state index in [4.69, 9.17) is 5.11 Å². The first kappa shape index (κ1) is 14.7. The Morgan fingerprint density at radius 2 is 2.14 bits per heavy atom. The molecular weight excluding hydrogens is 266 g/mol. The van der Waals surface area contributed by atoms with Crippen LogP contribution < -0.4 is 4.90 Å². The summed E-state index contributed by atoms with van der Waals surface area (Å²) in [6, 6.07) is 9.62. The lowest BCUT2D eigenvalue weighted by Gasteiger charge is -2.17. The van der Waals surface area contributed by atoms with Gasteiger partial charge in [0.2, 0.25) is 0 Å². The van der Waals surface area contributed by atoms with Crippen molar-refractivity contribution >= 4 is 17.9 Å². The Morgan fingerprint density at radius 1 is 1.33 bits per heavy atom. The summed E-state index contributed by atoms with van der Waals surface area (Å²) in [6.07, 6.45) is 4.26. The second-order valence-electron chi connectivity index (χ2n) is 4.75. The second-order valence-corrected chi connectivity index (χ2v) is 4.75. The van der Waals surface area contributed by atoms with Gasteiger partial charge in [0.1, 0.15) is 5.82 Å². The molecule has 0 bridgehead atoms. The summed E-state index contributed by atoms with van der Waals surface area (Å²) in [6.45, 7) is 2.63. The average Bonchev–Trinajstić information content (AvgIpc) is 2.45. The molecule has 0 spiro atoms. The van der Waals surface area contributed by atoms with E-state index in [2.05, 4.69) is 9.97 Å². The first-order valence-electron chi connectivity index (χ1n) is 6.55. The third-order valence-electron chi connectivity index (χ3n) is 2.93. The zero-order chi connectivity index (χ0) is 15.2. The largest absolute Gasteiger partial charge is 0.478 e. The number of anilines is 1. The maximum atomic E-state index is 10.5. The molecule has 2 rings (SSSR count). The number of carboxylic acid groups (broad SMARTS) is 1. The smallest absolute Gasteiger partial charge is 0.328 e. The molecule has 0 aliphatic rings. The first-order chi connectivity index (χ1) is 10.0. The van der Waals surface area contributed by atoms with Gasteiger partial charge in [0.05, 0.1) is 12.2 Å². The van der Waals surface area contributed by atoms with E-state index in [1.54, 1.807) is 6.20 Å². The fourth-order valence-corrected chi connectivity index (χ4v) is 1.90. The molecule has 2 aromatic rings. The molecule has 21 heavy (non-hydrogen) atoms. The van der Waals surface area contributed by atoms with Gasteiger partial charge in [0.15, 0.2) is 0 Å². The molecule has 0 saturated carbocycles. The molecule has 0 aliphatic carbocycles. The van der Waals surface area contributed by atoms with Crippen LogP contribution in [0.1, 0.15) is 17.0 Å². The number of nitrogens with zero attached hydrogens (tertiary/aromatic N) is 3. The number of hydrogen-bond donors (Lipinski definition) is 1. The summed E-state index contributed by atoms with van der Waals surface area (Å²) >= 11 is 0. The average molecular weight is 283 g/mol. The van der Waals surface area contributed by atoms with Crippen molar-refractivity contribution in [1.29, 1.82) is 0 Å². The molecule has 0 radical (unpaired) electrons. The predicted molar refractivity (Wildman–Crippen MR) is 82.0 cm³/mol. The van der Waals surface area contributed by atoms with Gasteiger partial charge in [-0.3, -0.25) is 4.98 Å². The summed E-state index contributed by atoms with van der Waals surface area (Å²) in [5.41, 5.74) is 2.72. The van der Waals surface area contributed by atoms with Crippen LogP contribution in [0.15, 0.2) is 42.6 Å². The molecule has 108 valence electrons. The molecule has 0 amide bonds. The SMILES string of the molecule is Cc1cccc(CN(C)c2ccc(/C=C/C(=O)O)cn2)n1. The van der Waals surface area contributed by atoms with E-state index in [9.17, 15) is 4.79 Å². The molecule has 0 fully saturated rings. The zero-order valence-electron chi connectivity index (χ0n) is 12.0. The van der Waals surface area contributed by atoms with E-state index in [1.807, 2.05) is 49.2 Å². The van der Waals surface area contributed by atoms with Gasteiger partial charge in [-0.15, -0.1) is 0 Å². The Morgan fingerprint density at radius 3 is 2.76 bits per heavy atom. The topological polar surface area (TPSA) is 66.3 Å². The van der Waals surface area contributed by atoms with Gasteiger partial charge < -0.3 is 10.0 Å². The van der Waals surface area contributed by atoms with Crippen LogP contribution in [-0.4, -0.2) is 28.1 Å². The molecule has 2 heterocycles. The highest BCUT2D eigenvalue weighted by Crippen LogP contribution is 2.13. The van der Waals surface area contributed by atoms with Gasteiger partial charge in [-0.1, -0.05) is 6.07 Å². The van der Waals surface area contributed by atoms with Crippen molar-refractivity contribution in [3.63, 3.8) is 0 Å². The van der Waals surface area contributed by atoms with Gasteiger partial charge in [-0.05, 0) is 42.8 Å². The van der Waals surface area contributed by atoms with Crippen LogP contribution in [0, 0.1) is 6.92 Å². The molecule has 0 aliphatic heterocycles. The van der Waals surface area contributed by atoms with Crippen LogP contribution in [0.5, 0.6) is 0 Å². The summed E-state index contributed by atoms with van der Waals surface area (Å²) < 4.78 is 0. The molecule has 0 unspecified atom stereocenters. The van der Waals surface area contributed by atoms with E-state index in [-0.39, 0.29) is 0 Å². The maximum absolute atomic E-state index is 10.5. The van der Waals surface area contributed by atoms with Crippen molar-refractivity contribution in [2.24, 2.45) is 0 Å². The Bertz CT molecular complexity index is 651. The van der Waals surface area contributed by atoms with E-state index in [1.165, 1.54) is 6.08 Å². The third kappa shape index (κ3) is 4.42. The van der Waals surface area contributed by atoms with Crippen molar-refractivity contribution in [2.45, 2.75) is 13.5 Å². The number of carbonyl (C=O) groups is 1. The number of aliphatic carboxylic acids is 1. The number of carboxylic acids is 1. The lowest BCUT2D eigenvalue weighted by atomic mass is 10.2. The highest BCUT2D eigenvalue weighted by Gasteiger charge is 2.04. The van der Waals surface area contributed by atoms with Crippen molar-refractivity contribution in [1.82, 2.24) is 9.97 Å². The monoisotopic (exact) mass is 283 g/mol. The van der Waals surface area contributed by atoms with Gasteiger partial charge in [0, 0.05) is 25.0 Å². The minimum atomic E-state index is -0.971. The van der Waals surface area contributed by atoms with Gasteiger partial charge in [-0.25, -0.2) is 9.78 Å². The van der Waals surface area contributed by atoms with E-state index in [0.29, 0.717) is 6.54 Å². The zero-order valence-corrected chi connectivity index (χ0v) is 12.0. The molecule has 0 atom stereocenters. The molecule has 1 N–H and O–H groups in total. The van der Waals surface area contributed by atoms with Crippen LogP contribution in [0.3, 0.4) is 0 Å². The lowest BCUT2D eigenvalue weighted by Crippen LogP contribution is -2.18. The molecule has 5 nitrogen and oxygen atoms in total. The highest BCUT2D eigenvalue weighted by atomic mass is 16.4. The Balaban J connectivity index is 2.06. The summed E-state index contributed by atoms with van der Waals surface area (Å²) in [5, 5.41) is 8.58. The van der Waals surface area contributed by atoms with Crippen LogP contribution in [0.4, 0.5) is 5.82 Å². The highest BCUT2D eigenvalue weighted by molar-refractivity contribution is 5.85. The Labute approximate surface area is 123 Å². The number of aryl methyl sites for hydroxylation is 1. The molecule has 0 saturated heterocycles. The third-order valence-corrected chi connectivity index (χ3v) is 2.93. The Hall–Kier alpha value is -2.69. The first-order valence-corrected chi connectivity index (χ1v) is 6.55. The van der Waals surface area contributed by atoms with Crippen molar-refractivity contribution in [3.05, 3.63) is 59.6 Å². The summed E-state index contributed by atoms with van der Waals surface area (Å²) in [4.78, 5) is 21.2. The van der Waals surface area contributed by atoms with Crippen LogP contribution in [0.25, 0.3) is 6.08 Å². The summed E-state index contributed by atoms with van der Waals surface area (Å²) in [5.74, 6) is -0.160. The number of hydrogen-bond acceptors (Lipinski definition) is 4. The van der Waals surface area contributed by atoms with E-state index >= 15 is 0 Å². The molecule has 5 heteroatoms. The fourth-order valence-electron chi connectivity index (χ4n) is 1.90. The fraction of sp³-hybridized carbons (Fsp3) is 0.188. The van der Waals surface area contributed by atoms with Crippen LogP contribution >= 0.6 is 0 Å². The number of pyridine rings is 2. The second kappa shape index (κ2) is 6.65. The van der Waals surface area contributed by atoms with E-state index < -0.39 is 5.97 Å². The summed E-state index contributed by atoms with van der Waals surface area (Å²) in [7, 11) is 1.94. The van der Waals surface area contributed by atoms with Crippen LogP contribution in [0.2, 0.25) is 0 Å². The lowest BCUT2D eigenvalue weighted by molar-refractivity contribution is -0.131. The van der Waals surface area contributed by atoms with Gasteiger partial charge >= 0.3 is 5.97 Å². The number of aromatic nitrogens is 2. The minimum absolute atomic E-state index is 0.666. The predicted octanol–water partition coefficient (Wildman–Crippen LogP) is 2.52. The molecular formula is C16H17N3O2. The normalized spacial score (nSPS) is 10.8. The van der Waals surface area contributed by atoms with Crippen molar-refractivity contribution in [2.75, 3.05) is 11.9 Å². The standard InChI is InChI=1S/C16H17N3O2/c1-12-4-3-5-14(18-12)11-19(2)15-8-6-13(10-17-15)7-9-16(20)21/h3-10H,11H2,1-2H3,(H,20,21)/b9-7+. The molecule has 2 aromatic heterocycles. The number of rotatable bonds is 5. The quantitative estimate of drug-likeness (QED) is 0.854. The minimum Gasteiger partial charge on any atom is -0.478 e. The van der Waals surface area contributed by atoms with Crippen molar-refractivity contribution < 1.29 is 9.90 Å². The van der Waals surface area contributed by atoms with Gasteiger partial charge in [-0.2, -0.15) is 0 Å². The maximum Gasteiger partial charge on any atom is 0.328 e. The Kier molecular flexibility index (Phi) is 4.66. The van der Waals surface area contributed by atoms with Crippen LogP contribution in [-0.2, 0) is 11.3 Å².